The van der Waals surface area contributed by atoms with Crippen molar-refractivity contribution in [3.63, 3.8) is 0 Å². The molecule has 0 saturated heterocycles. The summed E-state index contributed by atoms with van der Waals surface area (Å²) < 4.78 is 62.8. The second kappa shape index (κ2) is 8.79. The van der Waals surface area contributed by atoms with E-state index >= 15 is 0 Å². The molecule has 2 heterocycles. The minimum atomic E-state index is -4.59. The maximum atomic E-state index is 13.5. The Balaban J connectivity index is 1.60. The third kappa shape index (κ3) is 5.68. The summed E-state index contributed by atoms with van der Waals surface area (Å²) in [5.74, 6) is -0.810. The highest BCUT2D eigenvalue weighted by Crippen LogP contribution is 2.37. The van der Waals surface area contributed by atoms with E-state index in [4.69, 9.17) is 32.7 Å². The summed E-state index contributed by atoms with van der Waals surface area (Å²) in [5.41, 5.74) is -0.402. The van der Waals surface area contributed by atoms with E-state index in [1.54, 1.807) is 6.07 Å². The lowest BCUT2D eigenvalue weighted by atomic mass is 10.2. The number of nitrogens with zero attached hydrogens (tertiary/aromatic N) is 3. The van der Waals surface area contributed by atoms with Gasteiger partial charge in [0.05, 0.1) is 29.6 Å². The summed E-state index contributed by atoms with van der Waals surface area (Å²) in [4.78, 5) is 11.2. The number of pyridine rings is 1. The lowest BCUT2D eigenvalue weighted by molar-refractivity contribution is -0.137. The van der Waals surface area contributed by atoms with E-state index in [-0.39, 0.29) is 29.3 Å². The average Bonchev–Trinajstić information content (AvgIpc) is 2.66. The maximum Gasteiger partial charge on any atom is 0.417 e. The SMILES string of the molecule is Fc1cnc(Cl)nc1OCCc1ccc(Oc2ccc(Cl)c(C(F)(F)F)c2)cn1. The van der Waals surface area contributed by atoms with Crippen molar-refractivity contribution in [3.05, 3.63) is 70.1 Å². The van der Waals surface area contributed by atoms with Crippen LogP contribution in [0, 0.1) is 5.82 Å². The van der Waals surface area contributed by atoms with Crippen LogP contribution in [-0.4, -0.2) is 21.6 Å². The zero-order chi connectivity index (χ0) is 21.0. The Hall–Kier alpha value is -2.65. The minimum Gasteiger partial charge on any atom is -0.475 e. The molecule has 152 valence electrons. The smallest absolute Gasteiger partial charge is 0.417 e. The molecule has 0 saturated carbocycles. The van der Waals surface area contributed by atoms with E-state index in [1.165, 1.54) is 18.3 Å². The van der Waals surface area contributed by atoms with E-state index in [1.807, 2.05) is 0 Å². The largest absolute Gasteiger partial charge is 0.475 e. The zero-order valence-corrected chi connectivity index (χ0v) is 15.9. The van der Waals surface area contributed by atoms with Crippen molar-refractivity contribution in [2.75, 3.05) is 6.61 Å². The molecule has 3 aromatic rings. The van der Waals surface area contributed by atoms with Crippen LogP contribution in [0.1, 0.15) is 11.3 Å². The molecule has 0 aliphatic carbocycles. The molecule has 1 aromatic carbocycles. The standard InChI is InChI=1S/C18H11Cl2F4N3O2/c19-14-4-3-11(7-13(14)18(22,23)24)29-12-2-1-10(25-8-12)5-6-28-16-15(21)9-26-17(20)27-16/h1-4,7-9H,5-6H2. The Morgan fingerprint density at radius 3 is 2.41 bits per heavy atom. The molecule has 0 spiro atoms. The van der Waals surface area contributed by atoms with Crippen LogP contribution in [0.3, 0.4) is 0 Å². The van der Waals surface area contributed by atoms with Crippen LogP contribution in [0.5, 0.6) is 17.4 Å². The van der Waals surface area contributed by atoms with Gasteiger partial charge in [-0.1, -0.05) is 11.6 Å². The van der Waals surface area contributed by atoms with Crippen LogP contribution in [0.4, 0.5) is 17.6 Å². The van der Waals surface area contributed by atoms with Crippen LogP contribution in [0.25, 0.3) is 0 Å². The Kier molecular flexibility index (Phi) is 6.39. The molecule has 0 aliphatic heterocycles. The first kappa shape index (κ1) is 21.1. The summed E-state index contributed by atoms with van der Waals surface area (Å²) in [6.07, 6.45) is -2.03. The van der Waals surface area contributed by atoms with Crippen molar-refractivity contribution in [3.8, 4) is 17.4 Å². The molecular weight excluding hydrogens is 437 g/mol. The van der Waals surface area contributed by atoms with E-state index in [2.05, 4.69) is 15.0 Å². The maximum absolute atomic E-state index is 13.5. The van der Waals surface area contributed by atoms with Gasteiger partial charge in [-0.15, -0.1) is 0 Å². The molecule has 3 rings (SSSR count). The highest BCUT2D eigenvalue weighted by molar-refractivity contribution is 6.31. The Morgan fingerprint density at radius 1 is 0.966 bits per heavy atom. The van der Waals surface area contributed by atoms with E-state index in [0.717, 1.165) is 18.3 Å². The third-order valence-corrected chi connectivity index (χ3v) is 4.07. The Bertz CT molecular complexity index is 1000. The fourth-order valence-corrected chi connectivity index (χ4v) is 2.58. The van der Waals surface area contributed by atoms with Crippen LogP contribution in [0.15, 0.2) is 42.7 Å². The van der Waals surface area contributed by atoms with E-state index < -0.39 is 22.6 Å². The normalized spacial score (nSPS) is 11.4. The van der Waals surface area contributed by atoms with Gasteiger partial charge in [0.15, 0.2) is 0 Å². The molecular formula is C18H11Cl2F4N3O2. The molecule has 0 bridgehead atoms. The van der Waals surface area contributed by atoms with Gasteiger partial charge in [-0.3, -0.25) is 4.98 Å². The van der Waals surface area contributed by atoms with Gasteiger partial charge < -0.3 is 9.47 Å². The molecule has 0 radical (unpaired) electrons. The number of hydrogen-bond donors (Lipinski definition) is 0. The third-order valence-electron chi connectivity index (χ3n) is 3.56. The van der Waals surface area contributed by atoms with Gasteiger partial charge in [0, 0.05) is 12.1 Å². The van der Waals surface area contributed by atoms with Gasteiger partial charge in [-0.2, -0.15) is 22.5 Å². The number of hydrogen-bond acceptors (Lipinski definition) is 5. The predicted molar refractivity (Wildman–Crippen MR) is 97.0 cm³/mol. The number of alkyl halides is 3. The summed E-state index contributed by atoms with van der Waals surface area (Å²) in [5, 5.41) is -0.559. The predicted octanol–water partition coefficient (Wildman–Crippen LogP) is 5.75. The topological polar surface area (TPSA) is 57.1 Å². The number of halogens is 6. The number of ether oxygens (including phenoxy) is 2. The van der Waals surface area contributed by atoms with Crippen molar-refractivity contribution in [2.24, 2.45) is 0 Å². The number of aromatic nitrogens is 3. The monoisotopic (exact) mass is 447 g/mol. The Labute approximate surface area is 172 Å². The van der Waals surface area contributed by atoms with Gasteiger partial charge >= 0.3 is 6.18 Å². The Morgan fingerprint density at radius 2 is 1.72 bits per heavy atom. The second-order valence-electron chi connectivity index (χ2n) is 5.62. The molecule has 0 unspecified atom stereocenters. The zero-order valence-electron chi connectivity index (χ0n) is 14.4. The number of rotatable bonds is 6. The average molecular weight is 448 g/mol. The summed E-state index contributed by atoms with van der Waals surface area (Å²) in [7, 11) is 0. The van der Waals surface area contributed by atoms with Crippen molar-refractivity contribution in [1.29, 1.82) is 0 Å². The molecule has 0 atom stereocenters. The first-order chi connectivity index (χ1) is 13.7. The quantitative estimate of drug-likeness (QED) is 0.355. The fraction of sp³-hybridized carbons (Fsp3) is 0.167. The lowest BCUT2D eigenvalue weighted by Crippen LogP contribution is -2.06. The van der Waals surface area contributed by atoms with Crippen molar-refractivity contribution < 1.29 is 27.0 Å². The first-order valence-corrected chi connectivity index (χ1v) is 8.78. The van der Waals surface area contributed by atoms with Gasteiger partial charge in [0.2, 0.25) is 11.1 Å². The molecule has 0 aliphatic rings. The van der Waals surface area contributed by atoms with Crippen molar-refractivity contribution >= 4 is 23.2 Å². The highest BCUT2D eigenvalue weighted by atomic mass is 35.5. The fourth-order valence-electron chi connectivity index (χ4n) is 2.23. The van der Waals surface area contributed by atoms with Crippen LogP contribution < -0.4 is 9.47 Å². The highest BCUT2D eigenvalue weighted by Gasteiger charge is 2.33. The van der Waals surface area contributed by atoms with Crippen LogP contribution in [0.2, 0.25) is 10.3 Å². The van der Waals surface area contributed by atoms with Crippen molar-refractivity contribution in [1.82, 2.24) is 15.0 Å². The molecule has 0 N–H and O–H groups in total. The minimum absolute atomic E-state index is 0.0317. The van der Waals surface area contributed by atoms with Gasteiger partial charge in [-0.25, -0.2) is 4.98 Å². The molecule has 5 nitrogen and oxygen atoms in total. The molecule has 11 heteroatoms. The summed E-state index contributed by atoms with van der Waals surface area (Å²) in [6, 6.07) is 6.37. The second-order valence-corrected chi connectivity index (χ2v) is 6.36. The molecule has 2 aromatic heterocycles. The number of benzene rings is 1. The molecule has 0 fully saturated rings. The van der Waals surface area contributed by atoms with Crippen molar-refractivity contribution in [2.45, 2.75) is 12.6 Å². The summed E-state index contributed by atoms with van der Waals surface area (Å²) in [6.45, 7) is 0.0730. The van der Waals surface area contributed by atoms with Gasteiger partial charge in [0.25, 0.3) is 5.88 Å². The van der Waals surface area contributed by atoms with Crippen LogP contribution in [-0.2, 0) is 12.6 Å². The van der Waals surface area contributed by atoms with Gasteiger partial charge in [0.1, 0.15) is 11.5 Å². The molecule has 0 amide bonds. The molecule has 29 heavy (non-hydrogen) atoms. The summed E-state index contributed by atoms with van der Waals surface area (Å²) >= 11 is 11.2. The van der Waals surface area contributed by atoms with Crippen LogP contribution >= 0.6 is 23.2 Å². The van der Waals surface area contributed by atoms with Gasteiger partial charge in [-0.05, 0) is 41.9 Å². The lowest BCUT2D eigenvalue weighted by Gasteiger charge is -2.12. The first-order valence-electron chi connectivity index (χ1n) is 8.03. The van der Waals surface area contributed by atoms with E-state index in [9.17, 15) is 17.6 Å². The van der Waals surface area contributed by atoms with E-state index in [0.29, 0.717) is 12.1 Å².